The third-order valence-corrected chi connectivity index (χ3v) is 8.53. The van der Waals surface area contributed by atoms with Gasteiger partial charge in [0.05, 0.1) is 6.33 Å². The molecule has 0 aliphatic heterocycles. The van der Waals surface area contributed by atoms with Gasteiger partial charge in [-0.1, -0.05) is 11.6 Å². The Morgan fingerprint density at radius 3 is 2.28 bits per heavy atom. The number of halogens is 1. The van der Waals surface area contributed by atoms with Gasteiger partial charge in [-0.05, 0) is 86.0 Å². The highest BCUT2D eigenvalue weighted by molar-refractivity contribution is 8.00. The van der Waals surface area contributed by atoms with Gasteiger partial charge in [0.2, 0.25) is 0 Å². The summed E-state index contributed by atoms with van der Waals surface area (Å²) in [5.74, 6) is 2.96. The molecule has 1 unspecified atom stereocenters. The van der Waals surface area contributed by atoms with Crippen LogP contribution < -0.4 is 0 Å². The molecule has 0 amide bonds. The van der Waals surface area contributed by atoms with Gasteiger partial charge in [0.25, 0.3) is 0 Å². The van der Waals surface area contributed by atoms with Crippen molar-refractivity contribution in [3.05, 3.63) is 48.0 Å². The van der Waals surface area contributed by atoms with Gasteiger partial charge in [0.15, 0.2) is 0 Å². The number of benzene rings is 1. The highest BCUT2D eigenvalue weighted by Crippen LogP contribution is 2.63. The van der Waals surface area contributed by atoms with Crippen LogP contribution in [-0.4, -0.2) is 14.8 Å². The van der Waals surface area contributed by atoms with Crippen LogP contribution in [0.5, 0.6) is 0 Å². The van der Waals surface area contributed by atoms with Crippen LogP contribution in [0.3, 0.4) is 0 Å². The second kappa shape index (κ2) is 6.35. The number of hydrogen-bond donors (Lipinski definition) is 0. The summed E-state index contributed by atoms with van der Waals surface area (Å²) in [7, 11) is 0. The first-order valence-electron chi connectivity index (χ1n) is 9.56. The minimum Gasteiger partial charge on any atom is -0.336 e. The molecular weight excluding hydrogens is 348 g/mol. The first-order chi connectivity index (χ1) is 12.2. The maximum atomic E-state index is 6.10. The predicted molar refractivity (Wildman–Crippen MR) is 104 cm³/mol. The molecule has 6 rings (SSSR count). The lowest BCUT2D eigenvalue weighted by molar-refractivity contribution is -0.0553. The lowest BCUT2D eigenvalue weighted by Crippen LogP contribution is -2.51. The topological polar surface area (TPSA) is 17.8 Å². The molecule has 4 heteroatoms. The Balaban J connectivity index is 1.45. The second-order valence-electron chi connectivity index (χ2n) is 8.60. The largest absolute Gasteiger partial charge is 0.336 e. The number of imidazole rings is 1. The number of rotatable bonds is 5. The Kier molecular flexibility index (Phi) is 4.13. The second-order valence-corrected chi connectivity index (χ2v) is 10.3. The smallest absolute Gasteiger partial charge is 0.0946 e. The summed E-state index contributed by atoms with van der Waals surface area (Å²) < 4.78 is 2.28. The van der Waals surface area contributed by atoms with Crippen molar-refractivity contribution in [3.8, 4) is 0 Å². The minimum absolute atomic E-state index is 0.517. The molecule has 0 N–H and O–H groups in total. The van der Waals surface area contributed by atoms with E-state index >= 15 is 0 Å². The molecule has 1 aromatic carbocycles. The molecule has 4 aliphatic carbocycles. The van der Waals surface area contributed by atoms with E-state index in [0.717, 1.165) is 29.3 Å². The van der Waals surface area contributed by atoms with Gasteiger partial charge in [-0.3, -0.25) is 0 Å². The molecule has 25 heavy (non-hydrogen) atoms. The summed E-state index contributed by atoms with van der Waals surface area (Å²) in [5, 5.41) is 1.45. The minimum atomic E-state index is 0.517. The van der Waals surface area contributed by atoms with E-state index in [1.807, 2.05) is 24.7 Å². The molecule has 1 aromatic heterocycles. The zero-order valence-corrected chi connectivity index (χ0v) is 16.1. The molecule has 4 fully saturated rings. The Bertz CT molecular complexity index is 690. The molecule has 0 radical (unpaired) electrons. The third-order valence-electron chi connectivity index (χ3n) is 6.80. The van der Waals surface area contributed by atoms with Crippen molar-refractivity contribution in [2.24, 2.45) is 23.2 Å². The van der Waals surface area contributed by atoms with Crippen LogP contribution in [-0.2, 0) is 6.54 Å². The van der Waals surface area contributed by atoms with Gasteiger partial charge in [-0.15, -0.1) is 11.8 Å². The first-order valence-corrected chi connectivity index (χ1v) is 10.8. The summed E-state index contributed by atoms with van der Waals surface area (Å²) in [6.45, 7) is 1.07. The van der Waals surface area contributed by atoms with Crippen LogP contribution >= 0.6 is 23.4 Å². The molecule has 4 saturated carbocycles. The van der Waals surface area contributed by atoms with Crippen molar-refractivity contribution in [3.63, 3.8) is 0 Å². The molecule has 2 nitrogen and oxygen atoms in total. The fourth-order valence-corrected chi connectivity index (χ4v) is 7.72. The van der Waals surface area contributed by atoms with Crippen LogP contribution in [0.25, 0.3) is 0 Å². The van der Waals surface area contributed by atoms with Crippen LogP contribution in [0, 0.1) is 23.2 Å². The van der Waals surface area contributed by atoms with E-state index in [4.69, 9.17) is 11.6 Å². The van der Waals surface area contributed by atoms with E-state index < -0.39 is 0 Å². The van der Waals surface area contributed by atoms with E-state index in [0.29, 0.717) is 10.7 Å². The monoisotopic (exact) mass is 372 g/mol. The standard InChI is InChI=1S/C21H25ClN2S/c22-18-1-3-19(4-2-18)25-20(13-24-6-5-23-14-24)21-10-15-7-16(11-21)9-17(8-15)12-21/h1-6,14-17,20H,7-13H2. The molecule has 0 saturated heterocycles. The van der Waals surface area contributed by atoms with Gasteiger partial charge in [-0.2, -0.15) is 0 Å². The number of nitrogens with zero attached hydrogens (tertiary/aromatic N) is 2. The fourth-order valence-electron chi connectivity index (χ4n) is 6.19. The molecule has 1 heterocycles. The van der Waals surface area contributed by atoms with Crippen molar-refractivity contribution >= 4 is 23.4 Å². The summed E-state index contributed by atoms with van der Waals surface area (Å²) in [6, 6.07) is 8.43. The van der Waals surface area contributed by atoms with Gasteiger partial charge >= 0.3 is 0 Å². The molecular formula is C21H25ClN2S. The van der Waals surface area contributed by atoms with E-state index in [9.17, 15) is 0 Å². The third kappa shape index (κ3) is 3.14. The van der Waals surface area contributed by atoms with Gasteiger partial charge < -0.3 is 4.57 Å². The van der Waals surface area contributed by atoms with E-state index in [-0.39, 0.29) is 0 Å². The number of thioether (sulfide) groups is 1. The summed E-state index contributed by atoms with van der Waals surface area (Å²) in [6.07, 6.45) is 14.8. The van der Waals surface area contributed by atoms with E-state index in [1.165, 1.54) is 43.4 Å². The average Bonchev–Trinajstić information content (AvgIpc) is 3.08. The maximum Gasteiger partial charge on any atom is 0.0946 e. The number of aromatic nitrogens is 2. The van der Waals surface area contributed by atoms with Gasteiger partial charge in [0, 0.05) is 34.1 Å². The van der Waals surface area contributed by atoms with Crippen LogP contribution in [0.2, 0.25) is 5.02 Å². The van der Waals surface area contributed by atoms with E-state index in [2.05, 4.69) is 39.6 Å². The normalized spacial score (nSPS) is 34.4. The summed E-state index contributed by atoms with van der Waals surface area (Å²) >= 11 is 8.18. The molecule has 2 aromatic rings. The summed E-state index contributed by atoms with van der Waals surface area (Å²) in [4.78, 5) is 5.63. The molecule has 4 aliphatic rings. The van der Waals surface area contributed by atoms with Gasteiger partial charge in [0.1, 0.15) is 0 Å². The lowest BCUT2D eigenvalue weighted by Gasteiger charge is -2.59. The summed E-state index contributed by atoms with van der Waals surface area (Å²) in [5.41, 5.74) is 0.517. The lowest BCUT2D eigenvalue weighted by atomic mass is 9.48. The van der Waals surface area contributed by atoms with Crippen molar-refractivity contribution in [1.29, 1.82) is 0 Å². The van der Waals surface area contributed by atoms with Crippen molar-refractivity contribution in [2.75, 3.05) is 0 Å². The van der Waals surface area contributed by atoms with Crippen molar-refractivity contribution in [2.45, 2.75) is 55.2 Å². The number of hydrogen-bond acceptors (Lipinski definition) is 2. The Morgan fingerprint density at radius 1 is 1.08 bits per heavy atom. The predicted octanol–water partition coefficient (Wildman–Crippen LogP) is 5.91. The van der Waals surface area contributed by atoms with Crippen molar-refractivity contribution < 1.29 is 0 Å². The Morgan fingerprint density at radius 2 is 1.72 bits per heavy atom. The molecule has 132 valence electrons. The van der Waals surface area contributed by atoms with Crippen LogP contribution in [0.1, 0.15) is 38.5 Å². The fraction of sp³-hybridized carbons (Fsp3) is 0.571. The molecule has 0 spiro atoms. The highest BCUT2D eigenvalue weighted by Gasteiger charge is 2.54. The average molecular weight is 373 g/mol. The van der Waals surface area contributed by atoms with Gasteiger partial charge in [-0.25, -0.2) is 4.98 Å². The van der Waals surface area contributed by atoms with Crippen molar-refractivity contribution in [1.82, 2.24) is 9.55 Å². The van der Waals surface area contributed by atoms with E-state index in [1.54, 1.807) is 0 Å². The zero-order chi connectivity index (χ0) is 16.9. The SMILES string of the molecule is Clc1ccc(SC(Cn2ccnc2)C23CC4CC(CC(C4)C2)C3)cc1. The Labute approximate surface area is 159 Å². The Hall–Kier alpha value is -0.930. The van der Waals surface area contributed by atoms with Crippen LogP contribution in [0.15, 0.2) is 47.9 Å². The highest BCUT2D eigenvalue weighted by atomic mass is 35.5. The first kappa shape index (κ1) is 16.3. The van der Waals surface area contributed by atoms with Crippen LogP contribution in [0.4, 0.5) is 0 Å². The molecule has 4 bridgehead atoms. The zero-order valence-electron chi connectivity index (χ0n) is 14.5. The maximum absolute atomic E-state index is 6.10. The quantitative estimate of drug-likeness (QED) is 0.607. The molecule has 1 atom stereocenters.